The summed E-state index contributed by atoms with van der Waals surface area (Å²) in [6, 6.07) is 5.22. The van der Waals surface area contributed by atoms with Crippen LogP contribution in [0.25, 0.3) is 11.4 Å². The van der Waals surface area contributed by atoms with Gasteiger partial charge in [-0.05, 0) is 24.5 Å². The molecular formula is C13H15N3O. The highest BCUT2D eigenvalue weighted by atomic mass is 16.1. The fraction of sp³-hybridized carbons (Fsp3) is 0.308. The average Bonchev–Trinajstić information content (AvgIpc) is 2.28. The molecule has 0 aliphatic rings. The molecule has 2 aromatic rings. The summed E-state index contributed by atoms with van der Waals surface area (Å²) in [5, 5.41) is 0. The Morgan fingerprint density at radius 3 is 2.65 bits per heavy atom. The monoisotopic (exact) mass is 229 g/mol. The predicted octanol–water partition coefficient (Wildman–Crippen LogP) is 2.03. The van der Waals surface area contributed by atoms with Crippen LogP contribution in [0.3, 0.4) is 0 Å². The van der Waals surface area contributed by atoms with Crippen LogP contribution in [0.1, 0.15) is 19.5 Å². The van der Waals surface area contributed by atoms with Gasteiger partial charge in [-0.25, -0.2) is 4.98 Å². The first-order valence-corrected chi connectivity index (χ1v) is 5.66. The van der Waals surface area contributed by atoms with E-state index in [4.69, 9.17) is 0 Å². The van der Waals surface area contributed by atoms with Crippen molar-refractivity contribution >= 4 is 0 Å². The molecule has 17 heavy (non-hydrogen) atoms. The number of H-pyrrole nitrogens is 1. The maximum absolute atomic E-state index is 11.6. The van der Waals surface area contributed by atoms with Crippen LogP contribution in [-0.4, -0.2) is 15.0 Å². The van der Waals surface area contributed by atoms with Crippen molar-refractivity contribution < 1.29 is 0 Å². The van der Waals surface area contributed by atoms with Gasteiger partial charge in [0.25, 0.3) is 5.56 Å². The van der Waals surface area contributed by atoms with Crippen molar-refractivity contribution in [2.45, 2.75) is 20.3 Å². The Morgan fingerprint density at radius 2 is 2.00 bits per heavy atom. The van der Waals surface area contributed by atoms with Crippen molar-refractivity contribution in [3.05, 3.63) is 46.6 Å². The highest BCUT2D eigenvalue weighted by molar-refractivity contribution is 5.53. The van der Waals surface area contributed by atoms with Gasteiger partial charge in [0.1, 0.15) is 5.82 Å². The summed E-state index contributed by atoms with van der Waals surface area (Å²) in [5.74, 6) is 1.09. The first-order chi connectivity index (χ1) is 8.15. The van der Waals surface area contributed by atoms with Gasteiger partial charge in [-0.2, -0.15) is 0 Å². The number of aromatic nitrogens is 3. The molecule has 4 nitrogen and oxygen atoms in total. The SMILES string of the molecule is CC(C)Cc1cc(=O)[nH]c(-c2ccncc2)n1. The van der Waals surface area contributed by atoms with Gasteiger partial charge in [0, 0.05) is 29.7 Å². The topological polar surface area (TPSA) is 58.6 Å². The third-order valence-electron chi connectivity index (χ3n) is 2.37. The van der Waals surface area contributed by atoms with E-state index < -0.39 is 0 Å². The summed E-state index contributed by atoms with van der Waals surface area (Å²) < 4.78 is 0. The van der Waals surface area contributed by atoms with Gasteiger partial charge >= 0.3 is 0 Å². The normalized spacial score (nSPS) is 10.8. The smallest absolute Gasteiger partial charge is 0.251 e. The zero-order valence-corrected chi connectivity index (χ0v) is 9.97. The molecular weight excluding hydrogens is 214 g/mol. The van der Waals surface area contributed by atoms with Crippen LogP contribution in [0.5, 0.6) is 0 Å². The molecule has 0 saturated carbocycles. The molecule has 0 radical (unpaired) electrons. The lowest BCUT2D eigenvalue weighted by Gasteiger charge is -2.06. The lowest BCUT2D eigenvalue weighted by Crippen LogP contribution is -2.11. The molecule has 2 aromatic heterocycles. The van der Waals surface area contributed by atoms with Crippen LogP contribution in [0.2, 0.25) is 0 Å². The Bertz CT molecular complexity index is 546. The standard InChI is InChI=1S/C13H15N3O/c1-9(2)7-11-8-12(17)16-13(15-11)10-3-5-14-6-4-10/h3-6,8-9H,7H2,1-2H3,(H,15,16,17). The van der Waals surface area contributed by atoms with Crippen molar-refractivity contribution in [1.82, 2.24) is 15.0 Å². The number of aromatic amines is 1. The van der Waals surface area contributed by atoms with E-state index in [-0.39, 0.29) is 5.56 Å². The van der Waals surface area contributed by atoms with Gasteiger partial charge < -0.3 is 4.98 Å². The molecule has 1 N–H and O–H groups in total. The number of nitrogens with zero attached hydrogens (tertiary/aromatic N) is 2. The van der Waals surface area contributed by atoms with Gasteiger partial charge in [0.05, 0.1) is 0 Å². The Hall–Kier alpha value is -1.97. The lowest BCUT2D eigenvalue weighted by molar-refractivity contribution is 0.634. The van der Waals surface area contributed by atoms with Crippen LogP contribution < -0.4 is 5.56 Å². The van der Waals surface area contributed by atoms with Crippen LogP contribution in [-0.2, 0) is 6.42 Å². The predicted molar refractivity (Wildman–Crippen MR) is 66.6 cm³/mol. The molecule has 0 aromatic carbocycles. The fourth-order valence-electron chi connectivity index (χ4n) is 1.68. The second-order valence-electron chi connectivity index (χ2n) is 4.42. The first-order valence-electron chi connectivity index (χ1n) is 5.66. The Balaban J connectivity index is 2.42. The largest absolute Gasteiger partial charge is 0.307 e. The van der Waals surface area contributed by atoms with E-state index in [0.717, 1.165) is 17.7 Å². The highest BCUT2D eigenvalue weighted by Gasteiger charge is 2.05. The van der Waals surface area contributed by atoms with E-state index in [1.807, 2.05) is 12.1 Å². The molecule has 0 saturated heterocycles. The third-order valence-corrected chi connectivity index (χ3v) is 2.37. The fourth-order valence-corrected chi connectivity index (χ4v) is 1.68. The minimum Gasteiger partial charge on any atom is -0.307 e. The van der Waals surface area contributed by atoms with E-state index in [0.29, 0.717) is 11.7 Å². The number of hydrogen-bond donors (Lipinski definition) is 1. The molecule has 0 atom stereocenters. The summed E-state index contributed by atoms with van der Waals surface area (Å²) in [7, 11) is 0. The van der Waals surface area contributed by atoms with Crippen molar-refractivity contribution in [3.63, 3.8) is 0 Å². The van der Waals surface area contributed by atoms with Gasteiger partial charge in [0.15, 0.2) is 0 Å². The van der Waals surface area contributed by atoms with Gasteiger partial charge in [-0.1, -0.05) is 13.8 Å². The molecule has 0 aliphatic carbocycles. The molecule has 0 amide bonds. The minimum absolute atomic E-state index is 0.109. The van der Waals surface area contributed by atoms with E-state index >= 15 is 0 Å². The van der Waals surface area contributed by atoms with E-state index in [1.165, 1.54) is 0 Å². The molecule has 0 fully saturated rings. The van der Waals surface area contributed by atoms with Crippen molar-refractivity contribution in [2.75, 3.05) is 0 Å². The molecule has 0 unspecified atom stereocenters. The summed E-state index contributed by atoms with van der Waals surface area (Å²) in [6.07, 6.45) is 4.18. The minimum atomic E-state index is -0.109. The Kier molecular flexibility index (Phi) is 3.32. The summed E-state index contributed by atoms with van der Waals surface area (Å²) in [5.41, 5.74) is 1.60. The van der Waals surface area contributed by atoms with E-state index in [1.54, 1.807) is 18.5 Å². The van der Waals surface area contributed by atoms with Gasteiger partial charge in [-0.15, -0.1) is 0 Å². The van der Waals surface area contributed by atoms with Crippen LogP contribution >= 0.6 is 0 Å². The molecule has 2 heterocycles. The zero-order valence-electron chi connectivity index (χ0n) is 9.97. The molecule has 0 spiro atoms. The molecule has 88 valence electrons. The van der Waals surface area contributed by atoms with Crippen LogP contribution in [0.15, 0.2) is 35.4 Å². The number of pyridine rings is 1. The van der Waals surface area contributed by atoms with Crippen molar-refractivity contribution in [1.29, 1.82) is 0 Å². The van der Waals surface area contributed by atoms with Crippen LogP contribution in [0.4, 0.5) is 0 Å². The van der Waals surface area contributed by atoms with E-state index in [9.17, 15) is 4.79 Å². The number of rotatable bonds is 3. The zero-order chi connectivity index (χ0) is 12.3. The lowest BCUT2D eigenvalue weighted by atomic mass is 10.1. The molecule has 4 heteroatoms. The average molecular weight is 229 g/mol. The second-order valence-corrected chi connectivity index (χ2v) is 4.42. The number of nitrogens with one attached hydrogen (secondary N) is 1. The summed E-state index contributed by atoms with van der Waals surface area (Å²) in [4.78, 5) is 22.7. The second kappa shape index (κ2) is 4.91. The summed E-state index contributed by atoms with van der Waals surface area (Å²) >= 11 is 0. The van der Waals surface area contributed by atoms with Gasteiger partial charge in [0.2, 0.25) is 0 Å². The maximum Gasteiger partial charge on any atom is 0.251 e. The third kappa shape index (κ3) is 3.00. The molecule has 0 aliphatic heterocycles. The first kappa shape index (κ1) is 11.5. The van der Waals surface area contributed by atoms with Gasteiger partial charge in [-0.3, -0.25) is 9.78 Å². The Morgan fingerprint density at radius 1 is 1.29 bits per heavy atom. The van der Waals surface area contributed by atoms with Crippen molar-refractivity contribution in [2.24, 2.45) is 5.92 Å². The highest BCUT2D eigenvalue weighted by Crippen LogP contribution is 2.12. The Labute approximate surface area is 99.8 Å². The molecule has 2 rings (SSSR count). The summed E-state index contributed by atoms with van der Waals surface area (Å²) in [6.45, 7) is 4.21. The maximum atomic E-state index is 11.6. The molecule has 0 bridgehead atoms. The van der Waals surface area contributed by atoms with Crippen LogP contribution in [0, 0.1) is 5.92 Å². The number of hydrogen-bond acceptors (Lipinski definition) is 3. The van der Waals surface area contributed by atoms with E-state index in [2.05, 4.69) is 28.8 Å². The quantitative estimate of drug-likeness (QED) is 0.876. The van der Waals surface area contributed by atoms with Crippen molar-refractivity contribution in [3.8, 4) is 11.4 Å².